The van der Waals surface area contributed by atoms with Crippen LogP contribution in [0.5, 0.6) is 0 Å². The summed E-state index contributed by atoms with van der Waals surface area (Å²) >= 11 is 0. The minimum absolute atomic E-state index is 0.0269. The van der Waals surface area contributed by atoms with Gasteiger partial charge in [-0.25, -0.2) is 9.97 Å². The van der Waals surface area contributed by atoms with Crippen molar-refractivity contribution in [3.8, 4) is 0 Å². The summed E-state index contributed by atoms with van der Waals surface area (Å²) in [4.78, 5) is 14.9. The second-order valence-corrected chi connectivity index (χ2v) is 16.9. The van der Waals surface area contributed by atoms with Gasteiger partial charge >= 0.3 is 0 Å². The van der Waals surface area contributed by atoms with Crippen LogP contribution in [0.3, 0.4) is 0 Å². The fraction of sp³-hybridized carbons (Fsp3) is 0.148. The summed E-state index contributed by atoms with van der Waals surface area (Å²) < 4.78 is 0. The van der Waals surface area contributed by atoms with E-state index >= 15 is 0 Å². The molecule has 0 radical (unpaired) electrons. The molecule has 0 saturated heterocycles. The highest BCUT2D eigenvalue weighted by atomic mass is 15.2. The highest BCUT2D eigenvalue weighted by molar-refractivity contribution is 6.30. The average Bonchev–Trinajstić information content (AvgIpc) is 3.26. The predicted molar refractivity (Wildman–Crippen MR) is 246 cm³/mol. The molecule has 11 rings (SSSR count). The Morgan fingerprint density at radius 2 is 1.03 bits per heavy atom. The highest BCUT2D eigenvalue weighted by Crippen LogP contribution is 2.54. The van der Waals surface area contributed by atoms with Crippen LogP contribution in [0.2, 0.25) is 0 Å². The van der Waals surface area contributed by atoms with Crippen LogP contribution in [0.4, 0.5) is 34.4 Å². The molecule has 4 heteroatoms. The third-order valence-corrected chi connectivity index (χ3v) is 12.7. The molecule has 2 aromatic heterocycles. The van der Waals surface area contributed by atoms with Crippen LogP contribution in [0.15, 0.2) is 164 Å². The van der Waals surface area contributed by atoms with Gasteiger partial charge in [0, 0.05) is 39.3 Å². The Morgan fingerprint density at radius 3 is 1.62 bits per heavy atom. The number of hydrogen-bond donors (Lipinski definition) is 0. The van der Waals surface area contributed by atoms with Crippen molar-refractivity contribution < 1.29 is 0 Å². The van der Waals surface area contributed by atoms with Crippen LogP contribution < -0.4 is 9.80 Å². The van der Waals surface area contributed by atoms with Crippen molar-refractivity contribution in [3.63, 3.8) is 0 Å². The molecule has 0 bridgehead atoms. The van der Waals surface area contributed by atoms with E-state index in [4.69, 9.17) is 9.97 Å². The van der Waals surface area contributed by atoms with Crippen molar-refractivity contribution in [2.75, 3.05) is 9.80 Å². The van der Waals surface area contributed by atoms with Gasteiger partial charge in [-0.05, 0) is 122 Å². The van der Waals surface area contributed by atoms with Crippen LogP contribution in [0.25, 0.3) is 53.9 Å². The van der Waals surface area contributed by atoms with E-state index in [2.05, 4.69) is 177 Å². The maximum atomic E-state index is 5.06. The van der Waals surface area contributed by atoms with Crippen LogP contribution in [0, 0.1) is 0 Å². The van der Waals surface area contributed by atoms with Crippen molar-refractivity contribution in [1.82, 2.24) is 9.97 Å². The van der Waals surface area contributed by atoms with Crippen molar-refractivity contribution >= 4 is 88.2 Å². The van der Waals surface area contributed by atoms with E-state index in [1.54, 1.807) is 0 Å². The molecule has 10 aromatic rings. The van der Waals surface area contributed by atoms with Crippen LogP contribution in [-0.2, 0) is 11.8 Å². The van der Waals surface area contributed by atoms with Gasteiger partial charge in [-0.15, -0.1) is 0 Å². The number of pyridine rings is 2. The minimum atomic E-state index is -0.0269. The van der Waals surface area contributed by atoms with Gasteiger partial charge in [0.05, 0.1) is 22.7 Å². The quantitative estimate of drug-likeness (QED) is 0.152. The monoisotopic (exact) mass is 748 g/mol. The number of fused-ring (bicyclic) bond motifs is 2. The highest BCUT2D eigenvalue weighted by Gasteiger charge is 2.34. The first kappa shape index (κ1) is 34.5. The van der Waals surface area contributed by atoms with Gasteiger partial charge in [-0.2, -0.15) is 0 Å². The molecule has 0 spiro atoms. The predicted octanol–water partition coefficient (Wildman–Crippen LogP) is 15.0. The Kier molecular flexibility index (Phi) is 7.81. The molecule has 0 amide bonds. The molecular weight excluding hydrogens is 705 g/mol. The second kappa shape index (κ2) is 13.1. The van der Waals surface area contributed by atoms with E-state index in [0.717, 1.165) is 47.2 Å². The molecule has 280 valence electrons. The molecule has 0 atom stereocenters. The number of nitrogens with zero attached hydrogens (tertiary/aromatic N) is 4. The first-order valence-corrected chi connectivity index (χ1v) is 20.6. The zero-order valence-electron chi connectivity index (χ0n) is 33.4. The molecule has 0 fully saturated rings. The Morgan fingerprint density at radius 1 is 0.483 bits per heavy atom. The summed E-state index contributed by atoms with van der Waals surface area (Å²) in [5.41, 5.74) is 8.67. The zero-order chi connectivity index (χ0) is 39.1. The van der Waals surface area contributed by atoms with Crippen molar-refractivity contribution in [3.05, 3.63) is 181 Å². The van der Waals surface area contributed by atoms with Crippen LogP contribution >= 0.6 is 0 Å². The van der Waals surface area contributed by atoms with E-state index in [9.17, 15) is 0 Å². The summed E-state index contributed by atoms with van der Waals surface area (Å²) in [5, 5.41) is 12.7. The molecule has 0 unspecified atom stereocenters. The largest absolute Gasteiger partial charge is 0.294 e. The first-order chi connectivity index (χ1) is 28.4. The fourth-order valence-electron chi connectivity index (χ4n) is 9.86. The Balaban J connectivity index is 1.32. The number of aromatic nitrogens is 2. The summed E-state index contributed by atoms with van der Waals surface area (Å²) in [5.74, 6) is 2.08. The van der Waals surface area contributed by atoms with E-state index in [1.165, 1.54) is 70.6 Å². The maximum Gasteiger partial charge on any atom is 0.137 e. The maximum absolute atomic E-state index is 5.06. The summed E-state index contributed by atoms with van der Waals surface area (Å²) in [6.45, 7) is 9.53. The smallest absolute Gasteiger partial charge is 0.137 e. The van der Waals surface area contributed by atoms with Gasteiger partial charge < -0.3 is 0 Å². The fourth-order valence-corrected chi connectivity index (χ4v) is 9.86. The van der Waals surface area contributed by atoms with E-state index in [-0.39, 0.29) is 11.3 Å². The van der Waals surface area contributed by atoms with Gasteiger partial charge in [-0.3, -0.25) is 9.80 Å². The summed E-state index contributed by atoms with van der Waals surface area (Å²) in [7, 11) is 0. The third kappa shape index (κ3) is 5.21. The third-order valence-electron chi connectivity index (χ3n) is 12.7. The molecule has 8 aromatic carbocycles. The van der Waals surface area contributed by atoms with Gasteiger partial charge in [0.1, 0.15) is 11.6 Å². The minimum Gasteiger partial charge on any atom is -0.294 e. The Hall–Kier alpha value is -6.78. The SMILES string of the molecule is CC(C)c1cc(N(c2ccccn2)c2cccc3ccccc23)c2cc3c4c(cc(N(c5ccccn5)c5cccc6ccccc56)c5ccc1c2c54)CCC3(C)C. The Labute approximate surface area is 339 Å². The van der Waals surface area contributed by atoms with Crippen molar-refractivity contribution in [2.24, 2.45) is 0 Å². The van der Waals surface area contributed by atoms with Gasteiger partial charge in [0.2, 0.25) is 0 Å². The number of rotatable bonds is 7. The lowest BCUT2D eigenvalue weighted by molar-refractivity contribution is 0.475. The van der Waals surface area contributed by atoms with Gasteiger partial charge in [-0.1, -0.05) is 125 Å². The number of aryl methyl sites for hydroxylation is 1. The van der Waals surface area contributed by atoms with E-state index in [0.29, 0.717) is 0 Å². The molecule has 0 N–H and O–H groups in total. The zero-order valence-corrected chi connectivity index (χ0v) is 33.4. The Bertz CT molecular complexity index is 3180. The van der Waals surface area contributed by atoms with Gasteiger partial charge in [0.15, 0.2) is 0 Å². The van der Waals surface area contributed by atoms with E-state index in [1.807, 2.05) is 24.5 Å². The summed E-state index contributed by atoms with van der Waals surface area (Å²) in [6, 6.07) is 55.5. The lowest BCUT2D eigenvalue weighted by atomic mass is 9.70. The second-order valence-electron chi connectivity index (χ2n) is 16.9. The lowest BCUT2D eigenvalue weighted by Gasteiger charge is -2.37. The number of anilines is 6. The molecule has 0 saturated carbocycles. The molecule has 58 heavy (non-hydrogen) atoms. The average molecular weight is 749 g/mol. The van der Waals surface area contributed by atoms with Crippen LogP contribution in [-0.4, -0.2) is 9.97 Å². The molecule has 1 aliphatic carbocycles. The molecule has 1 aliphatic rings. The summed E-state index contributed by atoms with van der Waals surface area (Å²) in [6.07, 6.45) is 5.89. The van der Waals surface area contributed by atoms with Crippen molar-refractivity contribution in [1.29, 1.82) is 0 Å². The lowest BCUT2D eigenvalue weighted by Crippen LogP contribution is -2.24. The normalized spacial score (nSPS) is 13.7. The molecular formula is C54H44N4. The number of hydrogen-bond acceptors (Lipinski definition) is 4. The van der Waals surface area contributed by atoms with Gasteiger partial charge in [0.25, 0.3) is 0 Å². The molecule has 0 aliphatic heterocycles. The molecule has 2 heterocycles. The van der Waals surface area contributed by atoms with Crippen molar-refractivity contribution in [2.45, 2.75) is 51.9 Å². The first-order valence-electron chi connectivity index (χ1n) is 20.6. The number of benzene rings is 8. The van der Waals surface area contributed by atoms with Crippen LogP contribution in [0.1, 0.15) is 56.7 Å². The topological polar surface area (TPSA) is 32.3 Å². The van der Waals surface area contributed by atoms with E-state index < -0.39 is 0 Å². The molecule has 4 nitrogen and oxygen atoms in total. The standard InChI is InChI=1S/C54H44N4/c1-34(2)42-33-48(58(50-24-10-12-30-56-50)46-22-14-18-36-16-6-8-20-39(36)46)43-32-44-51-37(27-28-54(44,3)4)31-47(41-26-25-40(42)52(43)53(41)51)57(49-23-9-11-29-55-49)45-21-13-17-35-15-5-7-19-38(35)45/h5-26,29-34H,27-28H2,1-4H3.